The molecule has 2 rings (SSSR count). The van der Waals surface area contributed by atoms with E-state index < -0.39 is 10.0 Å². The molecule has 1 fully saturated rings. The zero-order chi connectivity index (χ0) is 16.0. The fourth-order valence-corrected chi connectivity index (χ4v) is 3.30. The third-order valence-corrected chi connectivity index (χ3v) is 4.92. The normalized spacial score (nSPS) is 17.9. The van der Waals surface area contributed by atoms with Crippen molar-refractivity contribution in [2.75, 3.05) is 44.3 Å². The summed E-state index contributed by atoms with van der Waals surface area (Å²) in [5, 5.41) is 2.80. The van der Waals surface area contributed by atoms with Gasteiger partial charge in [-0.2, -0.15) is 0 Å². The molecular formula is C14H22N4O3S. The van der Waals surface area contributed by atoms with Crippen molar-refractivity contribution in [1.29, 1.82) is 0 Å². The molecule has 22 heavy (non-hydrogen) atoms. The first-order valence-corrected chi connectivity index (χ1v) is 9.17. The summed E-state index contributed by atoms with van der Waals surface area (Å²) in [5.41, 5.74) is 0.687. The van der Waals surface area contributed by atoms with Crippen LogP contribution in [0.25, 0.3) is 0 Å². The van der Waals surface area contributed by atoms with Crippen molar-refractivity contribution in [2.24, 2.45) is 0 Å². The van der Waals surface area contributed by atoms with Gasteiger partial charge in [0.25, 0.3) is 0 Å². The number of nitrogens with one attached hydrogen (secondary N) is 1. The molecule has 0 saturated carbocycles. The van der Waals surface area contributed by atoms with Gasteiger partial charge < -0.3 is 10.2 Å². The number of rotatable bonds is 5. The lowest BCUT2D eigenvalue weighted by atomic mass is 10.3. The monoisotopic (exact) mass is 326 g/mol. The first-order valence-electron chi connectivity index (χ1n) is 7.32. The number of hydrogen-bond acceptors (Lipinski definition) is 5. The number of carbonyl (C=O) groups excluding carboxylic acids is 1. The van der Waals surface area contributed by atoms with Crippen LogP contribution >= 0.6 is 0 Å². The molecule has 7 nitrogen and oxygen atoms in total. The van der Waals surface area contributed by atoms with Gasteiger partial charge in [0.1, 0.15) is 0 Å². The Morgan fingerprint density at radius 1 is 1.32 bits per heavy atom. The van der Waals surface area contributed by atoms with Crippen molar-refractivity contribution < 1.29 is 13.2 Å². The zero-order valence-corrected chi connectivity index (χ0v) is 13.6. The Labute approximate surface area is 131 Å². The first kappa shape index (κ1) is 16.9. The van der Waals surface area contributed by atoms with Crippen LogP contribution in [0.4, 0.5) is 5.69 Å². The topological polar surface area (TPSA) is 82.6 Å². The van der Waals surface area contributed by atoms with E-state index in [2.05, 4.69) is 15.2 Å². The Bertz CT molecular complexity index is 591. The summed E-state index contributed by atoms with van der Waals surface area (Å²) in [5.74, 6) is -0.0581. The van der Waals surface area contributed by atoms with E-state index in [4.69, 9.17) is 0 Å². The highest BCUT2D eigenvalue weighted by atomic mass is 32.2. The molecule has 122 valence electrons. The summed E-state index contributed by atoms with van der Waals surface area (Å²) >= 11 is 0. The fraction of sp³-hybridized carbons (Fsp3) is 0.571. The van der Waals surface area contributed by atoms with Gasteiger partial charge in [0, 0.05) is 38.8 Å². The van der Waals surface area contributed by atoms with Gasteiger partial charge in [-0.1, -0.05) is 0 Å². The second-order valence-corrected chi connectivity index (χ2v) is 7.38. The third kappa shape index (κ3) is 5.36. The zero-order valence-electron chi connectivity index (χ0n) is 12.7. The molecule has 1 N–H and O–H groups in total. The third-order valence-electron chi connectivity index (χ3n) is 3.62. The Morgan fingerprint density at radius 3 is 2.82 bits per heavy atom. The fourth-order valence-electron chi connectivity index (χ4n) is 2.42. The molecule has 1 aliphatic heterocycles. The standard InChI is InChI=1S/C14H22N4O3S/c1-22(20,21)18-8-3-7-17(10-11-18)9-5-14(19)16-13-4-2-6-15-12-13/h2,4,6,12H,3,5,7-11H2,1H3,(H,16,19). The number of pyridine rings is 1. The van der Waals surface area contributed by atoms with E-state index >= 15 is 0 Å². The van der Waals surface area contributed by atoms with Crippen molar-refractivity contribution in [3.63, 3.8) is 0 Å². The van der Waals surface area contributed by atoms with Gasteiger partial charge in [-0.15, -0.1) is 0 Å². The lowest BCUT2D eigenvalue weighted by Gasteiger charge is -2.20. The molecule has 1 aliphatic rings. The van der Waals surface area contributed by atoms with Gasteiger partial charge >= 0.3 is 0 Å². The highest BCUT2D eigenvalue weighted by Gasteiger charge is 2.21. The van der Waals surface area contributed by atoms with Crippen LogP contribution in [0.3, 0.4) is 0 Å². The highest BCUT2D eigenvalue weighted by molar-refractivity contribution is 7.88. The summed E-state index contributed by atoms with van der Waals surface area (Å²) < 4.78 is 24.6. The van der Waals surface area contributed by atoms with E-state index in [9.17, 15) is 13.2 Å². The van der Waals surface area contributed by atoms with Gasteiger partial charge in [-0.3, -0.25) is 9.78 Å². The predicted molar refractivity (Wildman–Crippen MR) is 85.0 cm³/mol. The average Bonchev–Trinajstić information content (AvgIpc) is 2.71. The van der Waals surface area contributed by atoms with Crippen LogP contribution in [-0.2, 0) is 14.8 Å². The van der Waals surface area contributed by atoms with Crippen molar-refractivity contribution in [3.8, 4) is 0 Å². The number of sulfonamides is 1. The summed E-state index contributed by atoms with van der Waals surface area (Å²) in [6.45, 7) is 3.14. The van der Waals surface area contributed by atoms with Crippen molar-refractivity contribution >= 4 is 21.6 Å². The SMILES string of the molecule is CS(=O)(=O)N1CCCN(CCC(=O)Nc2cccnc2)CC1. The molecule has 1 amide bonds. The van der Waals surface area contributed by atoms with Gasteiger partial charge in [0.15, 0.2) is 0 Å². The molecule has 1 aromatic rings. The molecule has 0 spiro atoms. The maximum Gasteiger partial charge on any atom is 0.225 e. The maximum absolute atomic E-state index is 11.9. The Balaban J connectivity index is 1.76. The van der Waals surface area contributed by atoms with Gasteiger partial charge in [0.2, 0.25) is 15.9 Å². The van der Waals surface area contributed by atoms with Gasteiger partial charge in [-0.05, 0) is 25.1 Å². The molecule has 0 radical (unpaired) electrons. The quantitative estimate of drug-likeness (QED) is 0.846. The second kappa shape index (κ2) is 7.66. The summed E-state index contributed by atoms with van der Waals surface area (Å²) in [4.78, 5) is 18.0. The summed E-state index contributed by atoms with van der Waals surface area (Å²) in [6.07, 6.45) is 5.67. The molecule has 8 heteroatoms. The summed E-state index contributed by atoms with van der Waals surface area (Å²) in [6, 6.07) is 3.56. The van der Waals surface area contributed by atoms with Crippen LogP contribution in [0.2, 0.25) is 0 Å². The van der Waals surface area contributed by atoms with Crippen LogP contribution in [0.15, 0.2) is 24.5 Å². The number of hydrogen-bond donors (Lipinski definition) is 1. The Morgan fingerprint density at radius 2 is 2.14 bits per heavy atom. The van der Waals surface area contributed by atoms with Gasteiger partial charge in [-0.25, -0.2) is 12.7 Å². The van der Waals surface area contributed by atoms with E-state index in [0.717, 1.165) is 13.0 Å². The first-order chi connectivity index (χ1) is 10.4. The molecule has 0 unspecified atom stereocenters. The van der Waals surface area contributed by atoms with Crippen LogP contribution in [0.1, 0.15) is 12.8 Å². The lowest BCUT2D eigenvalue weighted by Crippen LogP contribution is -2.35. The average molecular weight is 326 g/mol. The molecular weight excluding hydrogens is 304 g/mol. The van der Waals surface area contributed by atoms with Crippen molar-refractivity contribution in [2.45, 2.75) is 12.8 Å². The Hall–Kier alpha value is -1.51. The smallest absolute Gasteiger partial charge is 0.225 e. The van der Waals surface area contributed by atoms with Gasteiger partial charge in [0.05, 0.1) is 18.1 Å². The molecule has 2 heterocycles. The molecule has 1 aromatic heterocycles. The number of nitrogens with zero attached hydrogens (tertiary/aromatic N) is 3. The number of carbonyl (C=O) groups is 1. The van der Waals surface area contributed by atoms with Crippen molar-refractivity contribution in [1.82, 2.24) is 14.2 Å². The Kier molecular flexibility index (Phi) is 5.87. The maximum atomic E-state index is 11.9. The number of aromatic nitrogens is 1. The number of anilines is 1. The molecule has 0 aromatic carbocycles. The van der Waals surface area contributed by atoms with E-state index in [-0.39, 0.29) is 5.91 Å². The van der Waals surface area contributed by atoms with E-state index in [1.54, 1.807) is 24.5 Å². The molecule has 0 atom stereocenters. The van der Waals surface area contributed by atoms with E-state index in [1.165, 1.54) is 10.6 Å². The van der Waals surface area contributed by atoms with Crippen LogP contribution in [0, 0.1) is 0 Å². The van der Waals surface area contributed by atoms with Crippen LogP contribution in [0.5, 0.6) is 0 Å². The van der Waals surface area contributed by atoms with Crippen molar-refractivity contribution in [3.05, 3.63) is 24.5 Å². The minimum atomic E-state index is -3.12. The molecule has 0 bridgehead atoms. The minimum absolute atomic E-state index is 0.0581. The second-order valence-electron chi connectivity index (χ2n) is 5.40. The molecule has 0 aliphatic carbocycles. The van der Waals surface area contributed by atoms with Crippen LogP contribution in [-0.4, -0.2) is 67.5 Å². The molecule has 1 saturated heterocycles. The lowest BCUT2D eigenvalue weighted by molar-refractivity contribution is -0.116. The predicted octanol–water partition coefficient (Wildman–Crippen LogP) is 0.378. The highest BCUT2D eigenvalue weighted by Crippen LogP contribution is 2.08. The van der Waals surface area contributed by atoms with E-state index in [1.807, 2.05) is 0 Å². The largest absolute Gasteiger partial charge is 0.325 e. The number of amides is 1. The van der Waals surface area contributed by atoms with E-state index in [0.29, 0.717) is 38.3 Å². The van der Waals surface area contributed by atoms with Crippen LogP contribution < -0.4 is 5.32 Å². The minimum Gasteiger partial charge on any atom is -0.325 e. The summed E-state index contributed by atoms with van der Waals surface area (Å²) in [7, 11) is -3.12.